The van der Waals surface area contributed by atoms with E-state index in [0.29, 0.717) is 4.47 Å². The first-order valence-corrected chi connectivity index (χ1v) is 5.93. The molecule has 0 N–H and O–H groups in total. The van der Waals surface area contributed by atoms with Gasteiger partial charge in [0.2, 0.25) is 0 Å². The Morgan fingerprint density at radius 2 is 1.67 bits per heavy atom. The van der Waals surface area contributed by atoms with Crippen molar-refractivity contribution in [2.75, 3.05) is 6.61 Å². The third-order valence-corrected chi connectivity index (χ3v) is 2.75. The molecule has 0 amide bonds. The molecule has 0 aliphatic heterocycles. The number of ether oxygens (including phenoxy) is 1. The van der Waals surface area contributed by atoms with Crippen molar-refractivity contribution in [2.24, 2.45) is 0 Å². The molecule has 0 spiro atoms. The van der Waals surface area contributed by atoms with Gasteiger partial charge in [-0.3, -0.25) is 0 Å². The molecular weight excluding hydrogens is 377 g/mol. The fourth-order valence-electron chi connectivity index (χ4n) is 1.15. The van der Waals surface area contributed by atoms with Crippen LogP contribution in [-0.2, 0) is 4.74 Å². The van der Waals surface area contributed by atoms with Gasteiger partial charge in [0.1, 0.15) is 0 Å². The molecule has 0 bridgehead atoms. The summed E-state index contributed by atoms with van der Waals surface area (Å²) in [5.74, 6) is -13.3. The molecule has 1 aromatic rings. The maximum absolute atomic E-state index is 12.9. The molecule has 118 valence electrons. The first-order chi connectivity index (χ1) is 9.38. The highest BCUT2D eigenvalue weighted by Gasteiger charge is 2.73. The second-order valence-electron chi connectivity index (χ2n) is 3.86. The van der Waals surface area contributed by atoms with Crippen LogP contribution in [-0.4, -0.2) is 30.6 Å². The zero-order chi connectivity index (χ0) is 16.5. The van der Waals surface area contributed by atoms with E-state index < -0.39 is 30.6 Å². The molecule has 0 heterocycles. The van der Waals surface area contributed by atoms with Crippen LogP contribution in [0.25, 0.3) is 0 Å². The predicted molar refractivity (Wildman–Crippen MR) is 60.4 cm³/mol. The van der Waals surface area contributed by atoms with Gasteiger partial charge in [-0.15, -0.1) is 0 Å². The Kier molecular flexibility index (Phi) is 4.91. The molecule has 0 radical (unpaired) electrons. The van der Waals surface area contributed by atoms with E-state index in [-0.39, 0.29) is 5.56 Å². The number of alkyl halides is 7. The highest BCUT2D eigenvalue weighted by atomic mass is 79.9. The van der Waals surface area contributed by atoms with E-state index in [0.717, 1.165) is 12.1 Å². The van der Waals surface area contributed by atoms with Crippen molar-refractivity contribution in [2.45, 2.75) is 18.0 Å². The summed E-state index contributed by atoms with van der Waals surface area (Å²) in [5.41, 5.74) is -0.282. The van der Waals surface area contributed by atoms with Crippen LogP contribution in [0.4, 0.5) is 30.7 Å². The summed E-state index contributed by atoms with van der Waals surface area (Å²) in [5, 5.41) is 0. The van der Waals surface area contributed by atoms with E-state index in [1.807, 2.05) is 0 Å². The van der Waals surface area contributed by atoms with Crippen molar-refractivity contribution in [3.05, 3.63) is 34.3 Å². The van der Waals surface area contributed by atoms with Gasteiger partial charge in [0.05, 0.1) is 5.56 Å². The van der Waals surface area contributed by atoms with Gasteiger partial charge in [-0.05, 0) is 18.2 Å². The fraction of sp³-hybridized carbons (Fsp3) is 0.364. The normalized spacial score (nSPS) is 13.1. The second-order valence-corrected chi connectivity index (χ2v) is 4.78. The number of halogens is 8. The Morgan fingerprint density at radius 1 is 1.10 bits per heavy atom. The molecule has 0 atom stereocenters. The van der Waals surface area contributed by atoms with Crippen LogP contribution in [0.1, 0.15) is 10.4 Å². The zero-order valence-electron chi connectivity index (χ0n) is 9.86. The predicted octanol–water partition coefficient (Wildman–Crippen LogP) is 4.44. The van der Waals surface area contributed by atoms with Crippen molar-refractivity contribution < 1.29 is 40.3 Å². The third kappa shape index (κ3) is 3.86. The lowest BCUT2D eigenvalue weighted by Gasteiger charge is -2.27. The highest BCUT2D eigenvalue weighted by molar-refractivity contribution is 9.10. The van der Waals surface area contributed by atoms with Gasteiger partial charge in [-0.1, -0.05) is 22.0 Å². The van der Waals surface area contributed by atoms with Crippen LogP contribution in [0, 0.1) is 0 Å². The summed E-state index contributed by atoms with van der Waals surface area (Å²) in [6.45, 7) is -2.40. The summed E-state index contributed by atoms with van der Waals surface area (Å²) in [4.78, 5) is 11.3. The molecule has 0 aliphatic rings. The topological polar surface area (TPSA) is 26.3 Å². The molecule has 0 aliphatic carbocycles. The standard InChI is InChI=1S/C11H6BrF7O2/c12-7-3-1-2-6(4-7)8(20)21-5-9(13,14)10(15,16)11(17,18)19/h1-4H,5H2. The summed E-state index contributed by atoms with van der Waals surface area (Å²) in [7, 11) is 0. The van der Waals surface area contributed by atoms with Crippen LogP contribution in [0.15, 0.2) is 28.7 Å². The lowest BCUT2D eigenvalue weighted by molar-refractivity contribution is -0.359. The lowest BCUT2D eigenvalue weighted by Crippen LogP contribution is -2.54. The van der Waals surface area contributed by atoms with Gasteiger partial charge in [-0.2, -0.15) is 30.7 Å². The van der Waals surface area contributed by atoms with Crippen LogP contribution in [0.3, 0.4) is 0 Å². The number of benzene rings is 1. The monoisotopic (exact) mass is 382 g/mol. The van der Waals surface area contributed by atoms with E-state index in [1.54, 1.807) is 0 Å². The summed E-state index contributed by atoms with van der Waals surface area (Å²) < 4.78 is 90.7. The molecule has 10 heteroatoms. The van der Waals surface area contributed by atoms with Crippen molar-refractivity contribution in [1.29, 1.82) is 0 Å². The number of hydrogen-bond donors (Lipinski definition) is 0. The minimum Gasteiger partial charge on any atom is -0.455 e. The molecule has 21 heavy (non-hydrogen) atoms. The first-order valence-electron chi connectivity index (χ1n) is 5.13. The Hall–Kier alpha value is -1.32. The molecule has 0 fully saturated rings. The van der Waals surface area contributed by atoms with Crippen molar-refractivity contribution in [3.63, 3.8) is 0 Å². The van der Waals surface area contributed by atoms with E-state index >= 15 is 0 Å². The number of carbonyl (C=O) groups excluding carboxylic acids is 1. The van der Waals surface area contributed by atoms with Gasteiger partial charge in [0.15, 0.2) is 6.61 Å². The molecule has 0 aromatic heterocycles. The SMILES string of the molecule is O=C(OCC(F)(F)C(F)(F)C(F)(F)F)c1cccc(Br)c1. The summed E-state index contributed by atoms with van der Waals surface area (Å²) >= 11 is 2.95. The number of hydrogen-bond acceptors (Lipinski definition) is 2. The first kappa shape index (κ1) is 17.7. The molecule has 0 unspecified atom stereocenters. The summed E-state index contributed by atoms with van der Waals surface area (Å²) in [6, 6.07) is 5.04. The lowest BCUT2D eigenvalue weighted by atomic mass is 10.1. The largest absolute Gasteiger partial charge is 0.460 e. The second kappa shape index (κ2) is 5.82. The number of rotatable bonds is 4. The van der Waals surface area contributed by atoms with Crippen molar-refractivity contribution in [3.8, 4) is 0 Å². The maximum atomic E-state index is 12.9. The van der Waals surface area contributed by atoms with Gasteiger partial charge in [-0.25, -0.2) is 4.79 Å². The van der Waals surface area contributed by atoms with E-state index in [4.69, 9.17) is 0 Å². The van der Waals surface area contributed by atoms with Gasteiger partial charge in [0.25, 0.3) is 0 Å². The molecule has 0 saturated heterocycles. The molecule has 1 aromatic carbocycles. The highest BCUT2D eigenvalue weighted by Crippen LogP contribution is 2.46. The van der Waals surface area contributed by atoms with Crippen LogP contribution in [0.2, 0.25) is 0 Å². The van der Waals surface area contributed by atoms with Crippen LogP contribution in [0.5, 0.6) is 0 Å². The quantitative estimate of drug-likeness (QED) is 0.568. The maximum Gasteiger partial charge on any atom is 0.460 e. The average Bonchev–Trinajstić information content (AvgIpc) is 2.34. The average molecular weight is 383 g/mol. The van der Waals surface area contributed by atoms with Gasteiger partial charge >= 0.3 is 24.0 Å². The van der Waals surface area contributed by atoms with Crippen molar-refractivity contribution >= 4 is 21.9 Å². The Morgan fingerprint density at radius 3 is 2.14 bits per heavy atom. The number of carbonyl (C=O) groups is 1. The van der Waals surface area contributed by atoms with Gasteiger partial charge in [0, 0.05) is 4.47 Å². The smallest absolute Gasteiger partial charge is 0.455 e. The van der Waals surface area contributed by atoms with Gasteiger partial charge < -0.3 is 4.74 Å². The third-order valence-electron chi connectivity index (χ3n) is 2.26. The molecule has 2 nitrogen and oxygen atoms in total. The van der Waals surface area contributed by atoms with Crippen molar-refractivity contribution in [1.82, 2.24) is 0 Å². The summed E-state index contributed by atoms with van der Waals surface area (Å²) in [6.07, 6.45) is -6.46. The fourth-order valence-corrected chi connectivity index (χ4v) is 1.55. The Bertz CT molecular complexity index is 528. The molecular formula is C11H6BrF7O2. The van der Waals surface area contributed by atoms with E-state index in [1.165, 1.54) is 12.1 Å². The molecule has 0 saturated carbocycles. The van der Waals surface area contributed by atoms with E-state index in [9.17, 15) is 35.5 Å². The van der Waals surface area contributed by atoms with Crippen LogP contribution < -0.4 is 0 Å². The zero-order valence-corrected chi connectivity index (χ0v) is 11.4. The van der Waals surface area contributed by atoms with E-state index in [2.05, 4.69) is 20.7 Å². The molecule has 1 rings (SSSR count). The van der Waals surface area contributed by atoms with Crippen LogP contribution >= 0.6 is 15.9 Å². The Balaban J connectivity index is 2.80. The number of esters is 1. The minimum atomic E-state index is -6.46. The Labute approximate surface area is 122 Å². The minimum absolute atomic E-state index is 0.282.